The summed E-state index contributed by atoms with van der Waals surface area (Å²) < 4.78 is 30.1. The van der Waals surface area contributed by atoms with Crippen molar-refractivity contribution >= 4 is 15.7 Å². The summed E-state index contributed by atoms with van der Waals surface area (Å²) in [6.07, 6.45) is -0.206. The molecule has 118 valence electrons. The van der Waals surface area contributed by atoms with E-state index in [0.29, 0.717) is 6.54 Å². The van der Waals surface area contributed by atoms with Gasteiger partial charge in [-0.1, -0.05) is 0 Å². The van der Waals surface area contributed by atoms with Gasteiger partial charge in [0.25, 0.3) is 0 Å². The molecule has 1 fully saturated rings. The third kappa shape index (κ3) is 4.04. The van der Waals surface area contributed by atoms with Crippen LogP contribution in [0.2, 0.25) is 0 Å². The highest BCUT2D eigenvalue weighted by atomic mass is 32.2. The van der Waals surface area contributed by atoms with Gasteiger partial charge in [0.1, 0.15) is 0 Å². The Labute approximate surface area is 124 Å². The van der Waals surface area contributed by atoms with Crippen LogP contribution >= 0.6 is 0 Å². The van der Waals surface area contributed by atoms with Gasteiger partial charge < -0.3 is 10.1 Å². The molecule has 1 aromatic rings. The molecular weight excluding hydrogens is 294 g/mol. The van der Waals surface area contributed by atoms with Gasteiger partial charge in [-0.05, 0) is 19.9 Å². The first-order chi connectivity index (χ1) is 9.80. The smallest absolute Gasteiger partial charge is 0.222 e. The van der Waals surface area contributed by atoms with Crippen LogP contribution in [0.1, 0.15) is 17.8 Å². The van der Waals surface area contributed by atoms with Gasteiger partial charge in [-0.15, -0.1) is 0 Å². The minimum atomic E-state index is -3.13. The van der Waals surface area contributed by atoms with E-state index in [-0.39, 0.29) is 23.8 Å². The topological polar surface area (TPSA) is 90.3 Å². The Bertz CT molecular complexity index is 623. The highest BCUT2D eigenvalue weighted by molar-refractivity contribution is 7.91. The fraction of sp³-hybridized carbons (Fsp3) is 0.692. The van der Waals surface area contributed by atoms with E-state index in [1.807, 2.05) is 19.9 Å². The molecule has 1 amide bonds. The van der Waals surface area contributed by atoms with Crippen LogP contribution in [0.5, 0.6) is 0 Å². The first-order valence-electron chi connectivity index (χ1n) is 6.84. The predicted molar refractivity (Wildman–Crippen MR) is 77.7 cm³/mol. The van der Waals surface area contributed by atoms with E-state index in [4.69, 9.17) is 4.74 Å². The minimum Gasteiger partial charge on any atom is -0.378 e. The van der Waals surface area contributed by atoms with E-state index in [2.05, 4.69) is 10.4 Å². The summed E-state index contributed by atoms with van der Waals surface area (Å²) in [5, 5.41) is 7.03. The third-order valence-electron chi connectivity index (χ3n) is 3.60. The lowest BCUT2D eigenvalue weighted by Gasteiger charge is -2.18. The van der Waals surface area contributed by atoms with Crippen LogP contribution in [-0.2, 0) is 25.9 Å². The normalized spacial score (nSPS) is 24.1. The number of hydrogen-bond donors (Lipinski definition) is 1. The van der Waals surface area contributed by atoms with Gasteiger partial charge in [-0.2, -0.15) is 5.10 Å². The molecule has 0 aromatic carbocycles. The molecule has 2 heterocycles. The molecule has 1 aromatic heterocycles. The van der Waals surface area contributed by atoms with Crippen LogP contribution in [0.15, 0.2) is 6.07 Å². The second-order valence-corrected chi connectivity index (χ2v) is 7.58. The maximum absolute atomic E-state index is 12.0. The lowest BCUT2D eigenvalue weighted by molar-refractivity contribution is -0.122. The average molecular weight is 315 g/mol. The van der Waals surface area contributed by atoms with Crippen molar-refractivity contribution in [2.24, 2.45) is 0 Å². The largest absolute Gasteiger partial charge is 0.378 e. The van der Waals surface area contributed by atoms with Crippen molar-refractivity contribution in [2.75, 3.05) is 18.6 Å². The second kappa shape index (κ2) is 6.15. The zero-order valence-electron chi connectivity index (χ0n) is 12.5. The Morgan fingerprint density at radius 1 is 1.48 bits per heavy atom. The quantitative estimate of drug-likeness (QED) is 0.814. The second-order valence-electron chi connectivity index (χ2n) is 5.43. The Kier molecular flexibility index (Phi) is 4.67. The molecule has 1 N–H and O–H groups in total. The number of amides is 1. The van der Waals surface area contributed by atoms with Crippen molar-refractivity contribution in [3.8, 4) is 0 Å². The number of hydrogen-bond acceptors (Lipinski definition) is 5. The minimum absolute atomic E-state index is 0.0358. The Morgan fingerprint density at radius 2 is 2.19 bits per heavy atom. The summed E-state index contributed by atoms with van der Waals surface area (Å²) in [4.78, 5) is 12.0. The molecule has 2 rings (SSSR count). The average Bonchev–Trinajstić information content (AvgIpc) is 2.85. The van der Waals surface area contributed by atoms with Crippen LogP contribution in [-0.4, -0.2) is 54.9 Å². The van der Waals surface area contributed by atoms with Crippen molar-refractivity contribution < 1.29 is 17.9 Å². The van der Waals surface area contributed by atoms with Crippen molar-refractivity contribution in [3.63, 3.8) is 0 Å². The Hall–Kier alpha value is -1.41. The summed E-state index contributed by atoms with van der Waals surface area (Å²) in [6.45, 7) is 4.31. The Morgan fingerprint density at radius 3 is 2.76 bits per heavy atom. The Balaban J connectivity index is 1.88. The number of nitrogens with zero attached hydrogens (tertiary/aromatic N) is 2. The lowest BCUT2D eigenvalue weighted by atomic mass is 10.2. The van der Waals surface area contributed by atoms with Gasteiger partial charge in [-0.3, -0.25) is 9.48 Å². The van der Waals surface area contributed by atoms with Crippen molar-refractivity contribution in [1.82, 2.24) is 15.1 Å². The van der Waals surface area contributed by atoms with Gasteiger partial charge in [0.2, 0.25) is 5.91 Å². The molecule has 7 nitrogen and oxygen atoms in total. The summed E-state index contributed by atoms with van der Waals surface area (Å²) in [5.74, 6) is -0.282. The maximum atomic E-state index is 12.0. The predicted octanol–water partition coefficient (Wildman–Crippen LogP) is -0.182. The third-order valence-corrected chi connectivity index (χ3v) is 5.31. The van der Waals surface area contributed by atoms with E-state index in [1.165, 1.54) is 7.11 Å². The molecule has 0 saturated carbocycles. The zero-order chi connectivity index (χ0) is 15.6. The fourth-order valence-electron chi connectivity index (χ4n) is 2.57. The lowest BCUT2D eigenvalue weighted by Crippen LogP contribution is -2.43. The van der Waals surface area contributed by atoms with Gasteiger partial charge in [0, 0.05) is 25.8 Å². The number of carbonyl (C=O) groups excluding carboxylic acids is 1. The summed E-state index contributed by atoms with van der Waals surface area (Å²) >= 11 is 0. The molecule has 8 heteroatoms. The monoisotopic (exact) mass is 315 g/mol. The molecule has 0 spiro atoms. The van der Waals surface area contributed by atoms with Gasteiger partial charge in [-0.25, -0.2) is 8.42 Å². The van der Waals surface area contributed by atoms with Gasteiger partial charge >= 0.3 is 0 Å². The molecule has 1 aliphatic rings. The first-order valence-corrected chi connectivity index (χ1v) is 8.66. The number of methoxy groups -OCH3 is 1. The fourth-order valence-corrected chi connectivity index (χ4v) is 4.42. The van der Waals surface area contributed by atoms with Crippen molar-refractivity contribution in [1.29, 1.82) is 0 Å². The molecule has 0 aliphatic carbocycles. The number of aromatic nitrogens is 2. The molecule has 0 bridgehead atoms. The van der Waals surface area contributed by atoms with Crippen LogP contribution in [0.4, 0.5) is 0 Å². The van der Waals surface area contributed by atoms with E-state index < -0.39 is 22.0 Å². The van der Waals surface area contributed by atoms with Crippen LogP contribution in [0, 0.1) is 13.8 Å². The highest BCUT2D eigenvalue weighted by Gasteiger charge is 2.38. The first kappa shape index (κ1) is 16.0. The molecule has 0 radical (unpaired) electrons. The standard InChI is InChI=1S/C13H21N3O4S/c1-9-6-10(2)16(15-9)5-4-13(17)14-11-7-21(18,19)8-12(11)20-3/h6,11-12H,4-5,7-8H2,1-3H3,(H,14,17)/t11-,12-/m1/s1. The summed E-state index contributed by atoms with van der Waals surface area (Å²) in [5.41, 5.74) is 1.91. The maximum Gasteiger partial charge on any atom is 0.222 e. The molecule has 0 unspecified atom stereocenters. The van der Waals surface area contributed by atoms with Crippen LogP contribution in [0.25, 0.3) is 0 Å². The number of rotatable bonds is 5. The summed E-state index contributed by atoms with van der Waals surface area (Å²) in [7, 11) is -1.67. The number of carbonyl (C=O) groups is 1. The number of nitrogens with one attached hydrogen (secondary N) is 1. The van der Waals surface area contributed by atoms with Crippen LogP contribution in [0.3, 0.4) is 0 Å². The number of aryl methyl sites for hydroxylation is 3. The van der Waals surface area contributed by atoms with E-state index in [0.717, 1.165) is 11.4 Å². The zero-order valence-corrected chi connectivity index (χ0v) is 13.3. The van der Waals surface area contributed by atoms with E-state index in [9.17, 15) is 13.2 Å². The van der Waals surface area contributed by atoms with Gasteiger partial charge in [0.15, 0.2) is 9.84 Å². The SMILES string of the molecule is CO[C@@H]1CS(=O)(=O)C[C@H]1NC(=O)CCn1nc(C)cc1C. The molecule has 1 saturated heterocycles. The summed E-state index contributed by atoms with van der Waals surface area (Å²) in [6, 6.07) is 1.48. The van der Waals surface area contributed by atoms with Crippen molar-refractivity contribution in [3.05, 3.63) is 17.5 Å². The van der Waals surface area contributed by atoms with Gasteiger partial charge in [0.05, 0.1) is 29.3 Å². The highest BCUT2D eigenvalue weighted by Crippen LogP contribution is 2.15. The molecule has 1 aliphatic heterocycles. The number of ether oxygens (including phenoxy) is 1. The molecule has 21 heavy (non-hydrogen) atoms. The van der Waals surface area contributed by atoms with E-state index >= 15 is 0 Å². The van der Waals surface area contributed by atoms with Crippen LogP contribution < -0.4 is 5.32 Å². The van der Waals surface area contributed by atoms with E-state index in [1.54, 1.807) is 4.68 Å². The van der Waals surface area contributed by atoms with Crippen molar-refractivity contribution in [2.45, 2.75) is 39.0 Å². The molecular formula is C13H21N3O4S. The molecule has 2 atom stereocenters. The number of sulfone groups is 1.